The Morgan fingerprint density at radius 3 is 2.43 bits per heavy atom. The van der Waals surface area contributed by atoms with Crippen molar-refractivity contribution in [3.63, 3.8) is 0 Å². The van der Waals surface area contributed by atoms with Crippen molar-refractivity contribution in [1.82, 2.24) is 4.90 Å². The van der Waals surface area contributed by atoms with Gasteiger partial charge in [0.15, 0.2) is 5.78 Å². The highest BCUT2D eigenvalue weighted by Gasteiger charge is 2.37. The molecule has 0 amide bonds. The molecule has 28 heavy (non-hydrogen) atoms. The van der Waals surface area contributed by atoms with E-state index in [1.54, 1.807) is 12.1 Å². The highest BCUT2D eigenvalue weighted by Crippen LogP contribution is 2.39. The Kier molecular flexibility index (Phi) is 5.40. The molecule has 4 nitrogen and oxygen atoms in total. The van der Waals surface area contributed by atoms with Crippen molar-refractivity contribution in [2.45, 2.75) is 51.5 Å². The molecule has 4 rings (SSSR count). The van der Waals surface area contributed by atoms with E-state index >= 15 is 0 Å². The number of aromatic hydroxyl groups is 1. The van der Waals surface area contributed by atoms with Crippen molar-refractivity contribution in [1.29, 1.82) is 0 Å². The Morgan fingerprint density at radius 2 is 1.79 bits per heavy atom. The number of ketones is 1. The SMILES string of the molecule is CCC1CC(N(CC)CC2CC2)C(=O)c2ccc(Nc3ccc(O)cc3)cc21. The molecule has 2 aromatic carbocycles. The number of likely N-dealkylation sites (N-methyl/N-ethyl adjacent to an activating group) is 1. The number of nitrogens with zero attached hydrogens (tertiary/aromatic N) is 1. The van der Waals surface area contributed by atoms with Crippen LogP contribution in [0.2, 0.25) is 0 Å². The van der Waals surface area contributed by atoms with Crippen LogP contribution in [-0.4, -0.2) is 34.9 Å². The Bertz CT molecular complexity index is 842. The van der Waals surface area contributed by atoms with Crippen LogP contribution in [0.5, 0.6) is 5.75 Å². The molecule has 0 spiro atoms. The van der Waals surface area contributed by atoms with Gasteiger partial charge in [-0.05, 0) is 92.1 Å². The van der Waals surface area contributed by atoms with Crippen LogP contribution in [0.1, 0.15) is 61.4 Å². The number of rotatable bonds is 7. The van der Waals surface area contributed by atoms with Crippen LogP contribution in [0.3, 0.4) is 0 Å². The lowest BCUT2D eigenvalue weighted by Gasteiger charge is -2.37. The van der Waals surface area contributed by atoms with E-state index in [-0.39, 0.29) is 11.8 Å². The van der Waals surface area contributed by atoms with Gasteiger partial charge in [0.1, 0.15) is 5.75 Å². The van der Waals surface area contributed by atoms with Gasteiger partial charge < -0.3 is 10.4 Å². The lowest BCUT2D eigenvalue weighted by Crippen LogP contribution is -2.45. The molecule has 0 aliphatic heterocycles. The summed E-state index contributed by atoms with van der Waals surface area (Å²) in [6, 6.07) is 13.2. The third-order valence-electron chi connectivity index (χ3n) is 6.25. The molecule has 0 heterocycles. The number of phenols is 1. The van der Waals surface area contributed by atoms with Crippen molar-refractivity contribution < 1.29 is 9.90 Å². The number of nitrogens with one attached hydrogen (secondary N) is 1. The summed E-state index contributed by atoms with van der Waals surface area (Å²) >= 11 is 0. The molecule has 2 N–H and O–H groups in total. The molecular weight excluding hydrogens is 348 g/mol. The summed E-state index contributed by atoms with van der Waals surface area (Å²) < 4.78 is 0. The van der Waals surface area contributed by atoms with Crippen LogP contribution < -0.4 is 5.32 Å². The van der Waals surface area contributed by atoms with Gasteiger partial charge in [-0.1, -0.05) is 13.8 Å². The zero-order valence-corrected chi connectivity index (χ0v) is 16.8. The van der Waals surface area contributed by atoms with Gasteiger partial charge >= 0.3 is 0 Å². The molecule has 148 valence electrons. The molecule has 0 aromatic heterocycles. The van der Waals surface area contributed by atoms with Crippen molar-refractivity contribution in [3.8, 4) is 5.75 Å². The lowest BCUT2D eigenvalue weighted by molar-refractivity contribution is 0.0771. The number of fused-ring (bicyclic) bond motifs is 1. The maximum Gasteiger partial charge on any atom is 0.180 e. The summed E-state index contributed by atoms with van der Waals surface area (Å²) in [4.78, 5) is 15.7. The third kappa shape index (κ3) is 3.93. The summed E-state index contributed by atoms with van der Waals surface area (Å²) in [7, 11) is 0. The Balaban J connectivity index is 1.58. The minimum atomic E-state index is 0.0268. The topological polar surface area (TPSA) is 52.6 Å². The first-order chi connectivity index (χ1) is 13.6. The number of Topliss-reactive ketones (excluding diaryl/α,β-unsaturated/α-hetero) is 1. The van der Waals surface area contributed by atoms with Gasteiger partial charge in [-0.3, -0.25) is 9.69 Å². The molecule has 1 saturated carbocycles. The Hall–Kier alpha value is -2.33. The molecular formula is C24H30N2O2. The highest BCUT2D eigenvalue weighted by atomic mass is 16.3. The molecule has 2 unspecified atom stereocenters. The van der Waals surface area contributed by atoms with Crippen LogP contribution in [0.15, 0.2) is 42.5 Å². The van der Waals surface area contributed by atoms with Crippen molar-refractivity contribution >= 4 is 17.2 Å². The average molecular weight is 379 g/mol. The van der Waals surface area contributed by atoms with E-state index < -0.39 is 0 Å². The summed E-state index contributed by atoms with van der Waals surface area (Å²) in [5.74, 6) is 1.75. The number of benzene rings is 2. The number of phenolic OH excluding ortho intramolecular Hbond substituents is 1. The number of hydrogen-bond acceptors (Lipinski definition) is 4. The van der Waals surface area contributed by atoms with Crippen LogP contribution in [0, 0.1) is 5.92 Å². The zero-order valence-electron chi connectivity index (χ0n) is 16.8. The van der Waals surface area contributed by atoms with Crippen molar-refractivity contribution in [2.75, 3.05) is 18.4 Å². The Labute approximate surface area is 167 Å². The molecule has 0 saturated heterocycles. The molecule has 2 aromatic rings. The smallest absolute Gasteiger partial charge is 0.180 e. The van der Waals surface area contributed by atoms with Crippen LogP contribution in [0.25, 0.3) is 0 Å². The van der Waals surface area contributed by atoms with Crippen LogP contribution in [0.4, 0.5) is 11.4 Å². The first kappa shape index (κ1) is 19.0. The fourth-order valence-electron chi connectivity index (χ4n) is 4.41. The standard InChI is InChI=1S/C24H30N2O2/c1-3-17-13-23(26(4-2)15-16-5-6-16)24(28)21-12-9-19(14-22(17)21)25-18-7-10-20(27)11-8-18/h7-12,14,16-17,23,25,27H,3-6,13,15H2,1-2H3. The monoisotopic (exact) mass is 378 g/mol. The first-order valence-corrected chi connectivity index (χ1v) is 10.6. The predicted octanol–water partition coefficient (Wildman–Crippen LogP) is 5.32. The van der Waals surface area contributed by atoms with E-state index in [1.807, 2.05) is 24.3 Å². The van der Waals surface area contributed by atoms with E-state index in [2.05, 4.69) is 30.1 Å². The van der Waals surface area contributed by atoms with Gasteiger partial charge in [0.05, 0.1) is 6.04 Å². The third-order valence-corrected chi connectivity index (χ3v) is 6.25. The summed E-state index contributed by atoms with van der Waals surface area (Å²) in [6.45, 7) is 6.41. The second kappa shape index (κ2) is 7.96. The van der Waals surface area contributed by atoms with Gasteiger partial charge in [-0.2, -0.15) is 0 Å². The average Bonchev–Trinajstić information content (AvgIpc) is 3.53. The fourth-order valence-corrected chi connectivity index (χ4v) is 4.41. The quantitative estimate of drug-likeness (QED) is 0.641. The minimum Gasteiger partial charge on any atom is -0.508 e. The zero-order chi connectivity index (χ0) is 19.7. The van der Waals surface area contributed by atoms with E-state index in [0.717, 1.165) is 48.8 Å². The van der Waals surface area contributed by atoms with E-state index in [1.165, 1.54) is 18.4 Å². The maximum atomic E-state index is 13.3. The molecule has 1 fully saturated rings. The van der Waals surface area contributed by atoms with Gasteiger partial charge in [0.2, 0.25) is 0 Å². The van der Waals surface area contributed by atoms with Crippen molar-refractivity contribution in [2.24, 2.45) is 5.92 Å². The number of carbonyl (C=O) groups excluding carboxylic acids is 1. The summed E-state index contributed by atoms with van der Waals surface area (Å²) in [5.41, 5.74) is 3.98. The summed E-state index contributed by atoms with van der Waals surface area (Å²) in [6.07, 6.45) is 4.60. The van der Waals surface area contributed by atoms with Gasteiger partial charge in [-0.25, -0.2) is 0 Å². The normalized spacial score (nSPS) is 21.6. The largest absolute Gasteiger partial charge is 0.508 e. The van der Waals surface area contributed by atoms with Crippen LogP contribution in [-0.2, 0) is 0 Å². The highest BCUT2D eigenvalue weighted by molar-refractivity contribution is 6.03. The second-order valence-electron chi connectivity index (χ2n) is 8.23. The number of hydrogen-bond donors (Lipinski definition) is 2. The molecule has 0 bridgehead atoms. The number of anilines is 2. The lowest BCUT2D eigenvalue weighted by atomic mass is 9.77. The summed E-state index contributed by atoms with van der Waals surface area (Å²) in [5, 5.41) is 12.8. The van der Waals surface area contributed by atoms with E-state index in [9.17, 15) is 9.90 Å². The molecule has 2 aliphatic carbocycles. The first-order valence-electron chi connectivity index (χ1n) is 10.6. The van der Waals surface area contributed by atoms with E-state index in [0.29, 0.717) is 11.7 Å². The number of carbonyl (C=O) groups is 1. The van der Waals surface area contributed by atoms with Crippen LogP contribution >= 0.6 is 0 Å². The molecule has 0 radical (unpaired) electrons. The molecule has 2 atom stereocenters. The fraction of sp³-hybridized carbons (Fsp3) is 0.458. The van der Waals surface area contributed by atoms with Gasteiger partial charge in [0.25, 0.3) is 0 Å². The minimum absolute atomic E-state index is 0.0268. The predicted molar refractivity (Wildman–Crippen MR) is 114 cm³/mol. The second-order valence-corrected chi connectivity index (χ2v) is 8.23. The van der Waals surface area contributed by atoms with E-state index in [4.69, 9.17) is 0 Å². The maximum absolute atomic E-state index is 13.3. The van der Waals surface area contributed by atoms with Crippen molar-refractivity contribution in [3.05, 3.63) is 53.6 Å². The molecule has 4 heteroatoms. The Morgan fingerprint density at radius 1 is 1.07 bits per heavy atom. The van der Waals surface area contributed by atoms with Gasteiger partial charge in [0, 0.05) is 23.5 Å². The van der Waals surface area contributed by atoms with Gasteiger partial charge in [-0.15, -0.1) is 0 Å². The molecule has 2 aliphatic rings.